The largest absolute Gasteiger partial charge is 0.295 e. The van der Waals surface area contributed by atoms with Gasteiger partial charge in [-0.05, 0) is 44.0 Å². The van der Waals surface area contributed by atoms with Crippen LogP contribution in [0.2, 0.25) is 5.02 Å². The molecule has 1 N–H and O–H groups in total. The smallest absolute Gasteiger partial charge is 0.282 e. The number of aryl methyl sites for hydroxylation is 1. The van der Waals surface area contributed by atoms with Crippen LogP contribution in [-0.4, -0.2) is 25.9 Å². The lowest BCUT2D eigenvalue weighted by molar-refractivity contribution is 0.101. The van der Waals surface area contributed by atoms with Gasteiger partial charge in [0.15, 0.2) is 5.69 Å². The molecule has 9 heteroatoms. The van der Waals surface area contributed by atoms with Crippen LogP contribution < -0.4 is 10.7 Å². The second-order valence-electron chi connectivity index (χ2n) is 6.06. The number of carbonyl (C=O) groups excluding carboxylic acids is 1. The van der Waals surface area contributed by atoms with Gasteiger partial charge >= 0.3 is 0 Å². The Morgan fingerprint density at radius 2 is 2.00 bits per heavy atom. The van der Waals surface area contributed by atoms with Crippen molar-refractivity contribution in [3.63, 3.8) is 0 Å². The number of halogens is 1. The summed E-state index contributed by atoms with van der Waals surface area (Å²) in [5.74, 6) is -0.144. The highest BCUT2D eigenvalue weighted by Crippen LogP contribution is 2.42. The zero-order valence-corrected chi connectivity index (χ0v) is 15.3. The molecule has 1 saturated carbocycles. The van der Waals surface area contributed by atoms with E-state index >= 15 is 0 Å². The molecule has 0 radical (unpaired) electrons. The monoisotopic (exact) mass is 387 g/mol. The minimum absolute atomic E-state index is 0.200. The second-order valence-corrected chi connectivity index (χ2v) is 7.51. The first-order valence-electron chi connectivity index (χ1n) is 8.03. The van der Waals surface area contributed by atoms with Crippen LogP contribution in [0.3, 0.4) is 0 Å². The number of aromatic nitrogens is 4. The summed E-state index contributed by atoms with van der Waals surface area (Å²) in [5, 5.41) is 16.8. The van der Waals surface area contributed by atoms with E-state index in [4.69, 9.17) is 11.6 Å². The minimum Gasteiger partial charge on any atom is -0.295 e. The molecule has 0 bridgehead atoms. The van der Waals surface area contributed by atoms with Gasteiger partial charge in [-0.15, -0.1) is 10.2 Å². The Morgan fingerprint density at radius 3 is 2.69 bits per heavy atom. The Kier molecular flexibility index (Phi) is 4.29. The maximum absolute atomic E-state index is 12.5. The molecule has 0 atom stereocenters. The molecule has 1 aliphatic rings. The maximum Gasteiger partial charge on any atom is 0.282 e. The second kappa shape index (κ2) is 6.62. The number of hydrogen-bond acceptors (Lipinski definition) is 6. The zero-order valence-electron chi connectivity index (χ0n) is 13.8. The molecule has 2 aromatic heterocycles. The summed E-state index contributed by atoms with van der Waals surface area (Å²) in [6.07, 6.45) is 2.21. The summed E-state index contributed by atoms with van der Waals surface area (Å²) < 4.78 is 1.53. The van der Waals surface area contributed by atoms with E-state index in [9.17, 15) is 9.59 Å². The van der Waals surface area contributed by atoms with Gasteiger partial charge in [-0.25, -0.2) is 4.68 Å². The van der Waals surface area contributed by atoms with Crippen molar-refractivity contribution < 1.29 is 4.79 Å². The summed E-state index contributed by atoms with van der Waals surface area (Å²) in [6, 6.07) is 8.35. The molecule has 0 spiro atoms. The van der Waals surface area contributed by atoms with Gasteiger partial charge in [-0.3, -0.25) is 14.9 Å². The van der Waals surface area contributed by atoms with Gasteiger partial charge in [0, 0.05) is 22.7 Å². The number of nitrogens with one attached hydrogen (secondary N) is 1. The lowest BCUT2D eigenvalue weighted by Crippen LogP contribution is -2.26. The predicted octanol–water partition coefficient (Wildman–Crippen LogP) is 3.18. The van der Waals surface area contributed by atoms with Crippen molar-refractivity contribution in [2.24, 2.45) is 0 Å². The third-order valence-electron chi connectivity index (χ3n) is 3.98. The van der Waals surface area contributed by atoms with E-state index in [-0.39, 0.29) is 5.69 Å². The molecule has 26 heavy (non-hydrogen) atoms. The van der Waals surface area contributed by atoms with Crippen LogP contribution in [0.4, 0.5) is 5.13 Å². The fourth-order valence-corrected chi connectivity index (χ4v) is 3.52. The van der Waals surface area contributed by atoms with Crippen molar-refractivity contribution in [2.45, 2.75) is 25.7 Å². The number of hydrogen-bond donors (Lipinski definition) is 1. The average molecular weight is 388 g/mol. The van der Waals surface area contributed by atoms with E-state index in [1.54, 1.807) is 31.2 Å². The van der Waals surface area contributed by atoms with E-state index < -0.39 is 11.3 Å². The number of nitrogens with zero attached hydrogens (tertiary/aromatic N) is 4. The fraction of sp³-hybridized carbons (Fsp3) is 0.235. The van der Waals surface area contributed by atoms with Gasteiger partial charge in [-0.1, -0.05) is 22.9 Å². The standard InChI is InChI=1S/C17H14ClN5O2S/c1-9-8-13(24)14(22-23(9)12-6-4-11(18)5-7-12)15(25)19-17-21-20-16(26-17)10-2-3-10/h4-8,10H,2-3H2,1H3,(H,19,21,25). The Hall–Kier alpha value is -2.58. The fourth-order valence-electron chi connectivity index (χ4n) is 2.49. The van der Waals surface area contributed by atoms with Crippen molar-refractivity contribution in [2.75, 3.05) is 5.32 Å². The van der Waals surface area contributed by atoms with Crippen molar-refractivity contribution >= 4 is 34.0 Å². The summed E-state index contributed by atoms with van der Waals surface area (Å²) >= 11 is 7.24. The number of carbonyl (C=O) groups is 1. The average Bonchev–Trinajstić information content (AvgIpc) is 3.36. The summed E-state index contributed by atoms with van der Waals surface area (Å²) in [6.45, 7) is 1.75. The first kappa shape index (κ1) is 16.9. The van der Waals surface area contributed by atoms with Gasteiger partial charge in [-0.2, -0.15) is 5.10 Å². The quantitative estimate of drug-likeness (QED) is 0.742. The van der Waals surface area contributed by atoms with Crippen LogP contribution in [0.25, 0.3) is 5.69 Å². The Morgan fingerprint density at radius 1 is 1.27 bits per heavy atom. The Labute approximate surface area is 157 Å². The summed E-state index contributed by atoms with van der Waals surface area (Å²) in [4.78, 5) is 24.8. The molecule has 1 fully saturated rings. The first-order valence-corrected chi connectivity index (χ1v) is 9.22. The molecule has 132 valence electrons. The highest BCUT2D eigenvalue weighted by atomic mass is 35.5. The molecule has 1 aromatic carbocycles. The summed E-state index contributed by atoms with van der Waals surface area (Å²) in [7, 11) is 0. The van der Waals surface area contributed by atoms with Crippen molar-refractivity contribution in [3.05, 3.63) is 62.0 Å². The molecule has 0 unspecified atom stereocenters. The first-order chi connectivity index (χ1) is 12.5. The molecular formula is C17H14ClN5O2S. The van der Waals surface area contributed by atoms with Gasteiger partial charge < -0.3 is 0 Å². The maximum atomic E-state index is 12.5. The van der Waals surface area contributed by atoms with Crippen LogP contribution in [0.5, 0.6) is 0 Å². The van der Waals surface area contributed by atoms with E-state index in [1.165, 1.54) is 22.1 Å². The van der Waals surface area contributed by atoms with E-state index in [0.29, 0.717) is 27.5 Å². The lowest BCUT2D eigenvalue weighted by Gasteiger charge is -2.11. The topological polar surface area (TPSA) is 89.8 Å². The van der Waals surface area contributed by atoms with Gasteiger partial charge in [0.05, 0.1) is 5.69 Å². The predicted molar refractivity (Wildman–Crippen MR) is 99.4 cm³/mol. The number of amides is 1. The third kappa shape index (κ3) is 3.38. The molecule has 1 amide bonds. The van der Waals surface area contributed by atoms with E-state index in [0.717, 1.165) is 17.8 Å². The number of benzene rings is 1. The van der Waals surface area contributed by atoms with E-state index in [1.807, 2.05) is 0 Å². The molecule has 7 nitrogen and oxygen atoms in total. The minimum atomic E-state index is -0.601. The summed E-state index contributed by atoms with van der Waals surface area (Å²) in [5.41, 5.74) is 0.666. The van der Waals surface area contributed by atoms with Crippen LogP contribution in [0.15, 0.2) is 35.1 Å². The third-order valence-corrected chi connectivity index (χ3v) is 5.23. The van der Waals surface area contributed by atoms with Crippen LogP contribution in [0, 0.1) is 6.92 Å². The van der Waals surface area contributed by atoms with Gasteiger partial charge in [0.1, 0.15) is 5.01 Å². The molecule has 0 saturated heterocycles. The molecule has 3 aromatic rings. The molecule has 2 heterocycles. The number of anilines is 1. The van der Waals surface area contributed by atoms with Gasteiger partial charge in [0.25, 0.3) is 5.91 Å². The van der Waals surface area contributed by atoms with Crippen LogP contribution in [-0.2, 0) is 0 Å². The molecule has 0 aliphatic heterocycles. The number of rotatable bonds is 4. The molecule has 4 rings (SSSR count). The highest BCUT2D eigenvalue weighted by Gasteiger charge is 2.28. The normalized spacial score (nSPS) is 13.6. The SMILES string of the molecule is Cc1cc(=O)c(C(=O)Nc2nnc(C3CC3)s2)nn1-c1ccc(Cl)cc1. The molecule has 1 aliphatic carbocycles. The molecular weight excluding hydrogens is 374 g/mol. The van der Waals surface area contributed by atoms with Crippen molar-refractivity contribution in [3.8, 4) is 5.69 Å². The van der Waals surface area contributed by atoms with Crippen LogP contribution in [0.1, 0.15) is 39.9 Å². The van der Waals surface area contributed by atoms with Crippen molar-refractivity contribution in [1.29, 1.82) is 0 Å². The highest BCUT2D eigenvalue weighted by molar-refractivity contribution is 7.15. The van der Waals surface area contributed by atoms with Gasteiger partial charge in [0.2, 0.25) is 10.6 Å². The Bertz CT molecular complexity index is 1040. The lowest BCUT2D eigenvalue weighted by atomic mass is 10.2. The van der Waals surface area contributed by atoms with Crippen LogP contribution >= 0.6 is 22.9 Å². The van der Waals surface area contributed by atoms with E-state index in [2.05, 4.69) is 20.6 Å². The Balaban J connectivity index is 1.64. The van der Waals surface area contributed by atoms with Crippen molar-refractivity contribution in [1.82, 2.24) is 20.0 Å². The zero-order chi connectivity index (χ0) is 18.3.